The molecule has 1 N–H and O–H groups in total. The lowest BCUT2D eigenvalue weighted by Gasteiger charge is -2.11. The van der Waals surface area contributed by atoms with E-state index >= 15 is 0 Å². The average Bonchev–Trinajstić information content (AvgIpc) is 2.92. The molecule has 0 aliphatic heterocycles. The lowest BCUT2D eigenvalue weighted by Crippen LogP contribution is -2.17. The van der Waals surface area contributed by atoms with Crippen LogP contribution < -0.4 is 9.46 Å². The van der Waals surface area contributed by atoms with Crippen molar-refractivity contribution in [2.75, 3.05) is 4.72 Å². The highest BCUT2D eigenvalue weighted by atomic mass is 32.2. The molecule has 0 atom stereocenters. The second kappa shape index (κ2) is 7.11. The summed E-state index contributed by atoms with van der Waals surface area (Å²) in [6, 6.07) is 7.01. The first-order chi connectivity index (χ1) is 13.0. The molecule has 148 valence electrons. The number of nitrogens with zero attached hydrogens (tertiary/aromatic N) is 4. The first kappa shape index (κ1) is 19.6. The Balaban J connectivity index is 1.83. The van der Waals surface area contributed by atoms with Gasteiger partial charge in [-0.15, -0.1) is 13.2 Å². The summed E-state index contributed by atoms with van der Waals surface area (Å²) in [5, 5.41) is 4.26. The van der Waals surface area contributed by atoms with E-state index in [9.17, 15) is 21.6 Å². The van der Waals surface area contributed by atoms with Gasteiger partial charge >= 0.3 is 6.36 Å². The number of anilines is 1. The molecule has 0 aliphatic carbocycles. The summed E-state index contributed by atoms with van der Waals surface area (Å²) >= 11 is 0. The molecule has 2 aromatic heterocycles. The molecule has 0 radical (unpaired) electrons. The number of aryl methyl sites for hydroxylation is 2. The molecule has 0 spiro atoms. The number of ether oxygens (including phenoxy) is 1. The van der Waals surface area contributed by atoms with Crippen molar-refractivity contribution in [3.63, 3.8) is 0 Å². The van der Waals surface area contributed by atoms with Crippen LogP contribution in [0.4, 0.5) is 19.0 Å². The number of halogens is 3. The number of rotatable bonds is 5. The topological polar surface area (TPSA) is 99.0 Å². The minimum Gasteiger partial charge on any atom is -0.406 e. The maximum absolute atomic E-state index is 12.5. The summed E-state index contributed by atoms with van der Waals surface area (Å²) in [5.41, 5.74) is 1.56. The van der Waals surface area contributed by atoms with Crippen LogP contribution in [0.25, 0.3) is 5.82 Å². The van der Waals surface area contributed by atoms with Crippen LogP contribution >= 0.6 is 0 Å². The van der Waals surface area contributed by atoms with Gasteiger partial charge < -0.3 is 4.74 Å². The second-order valence-electron chi connectivity index (χ2n) is 5.73. The van der Waals surface area contributed by atoms with E-state index in [-0.39, 0.29) is 10.7 Å². The van der Waals surface area contributed by atoms with Crippen molar-refractivity contribution < 1.29 is 26.3 Å². The van der Waals surface area contributed by atoms with Crippen LogP contribution in [0.3, 0.4) is 0 Å². The third kappa shape index (κ3) is 4.57. The Hall–Kier alpha value is -3.15. The van der Waals surface area contributed by atoms with Crippen LogP contribution in [0.15, 0.2) is 47.6 Å². The van der Waals surface area contributed by atoms with Gasteiger partial charge in [-0.2, -0.15) is 5.10 Å². The van der Waals surface area contributed by atoms with Gasteiger partial charge in [0.15, 0.2) is 5.82 Å². The summed E-state index contributed by atoms with van der Waals surface area (Å²) in [7, 11) is -4.08. The predicted octanol–water partition coefficient (Wildman–Crippen LogP) is 2.98. The molecule has 2 heterocycles. The van der Waals surface area contributed by atoms with Gasteiger partial charge in [-0.3, -0.25) is 4.72 Å². The van der Waals surface area contributed by atoms with Crippen molar-refractivity contribution in [3.8, 4) is 11.6 Å². The molecule has 8 nitrogen and oxygen atoms in total. The van der Waals surface area contributed by atoms with Gasteiger partial charge in [-0.1, -0.05) is 0 Å². The van der Waals surface area contributed by atoms with Crippen molar-refractivity contribution in [1.82, 2.24) is 19.7 Å². The van der Waals surface area contributed by atoms with E-state index in [1.807, 2.05) is 13.0 Å². The molecular formula is C16H14F3N5O3S. The van der Waals surface area contributed by atoms with Crippen molar-refractivity contribution in [3.05, 3.63) is 54.1 Å². The molecule has 0 saturated carbocycles. The maximum Gasteiger partial charge on any atom is 0.573 e. The fraction of sp³-hybridized carbons (Fsp3) is 0.188. The van der Waals surface area contributed by atoms with Gasteiger partial charge in [0, 0.05) is 11.8 Å². The van der Waals surface area contributed by atoms with E-state index in [1.54, 1.807) is 6.92 Å². The Bertz CT molecular complexity index is 1100. The van der Waals surface area contributed by atoms with E-state index in [2.05, 4.69) is 24.5 Å². The molecular weight excluding hydrogens is 399 g/mol. The Morgan fingerprint density at radius 2 is 1.75 bits per heavy atom. The Morgan fingerprint density at radius 1 is 1.07 bits per heavy atom. The number of nitrogens with one attached hydrogen (secondary N) is 1. The van der Waals surface area contributed by atoms with Crippen LogP contribution in [0.2, 0.25) is 0 Å². The molecule has 0 bridgehead atoms. The second-order valence-corrected chi connectivity index (χ2v) is 7.41. The van der Waals surface area contributed by atoms with Crippen LogP contribution in [0.5, 0.6) is 5.75 Å². The first-order valence-electron chi connectivity index (χ1n) is 7.78. The van der Waals surface area contributed by atoms with Crippen LogP contribution in [-0.4, -0.2) is 34.5 Å². The smallest absolute Gasteiger partial charge is 0.406 e. The Morgan fingerprint density at radius 3 is 2.32 bits per heavy atom. The van der Waals surface area contributed by atoms with Crippen LogP contribution in [0.1, 0.15) is 11.4 Å². The highest BCUT2D eigenvalue weighted by Crippen LogP contribution is 2.24. The van der Waals surface area contributed by atoms with Gasteiger partial charge in [0.1, 0.15) is 17.9 Å². The summed E-state index contributed by atoms with van der Waals surface area (Å²) in [5.74, 6) is -0.194. The highest BCUT2D eigenvalue weighted by molar-refractivity contribution is 7.92. The van der Waals surface area contributed by atoms with E-state index in [1.165, 1.54) is 17.1 Å². The van der Waals surface area contributed by atoms with E-state index < -0.39 is 22.1 Å². The zero-order valence-corrected chi connectivity index (χ0v) is 15.4. The molecule has 1 aromatic carbocycles. The SMILES string of the molecule is Cc1cc(C)n(-c2cc(NS(=O)(=O)c3ccc(OC(F)(F)F)cc3)ncn2)n1. The van der Waals surface area contributed by atoms with Gasteiger partial charge in [-0.05, 0) is 44.2 Å². The van der Waals surface area contributed by atoms with Crippen LogP contribution in [0, 0.1) is 13.8 Å². The highest BCUT2D eigenvalue weighted by Gasteiger charge is 2.31. The molecule has 0 fully saturated rings. The molecule has 0 saturated heterocycles. The number of sulfonamides is 1. The van der Waals surface area contributed by atoms with Gasteiger partial charge in [-0.25, -0.2) is 23.1 Å². The molecule has 0 aliphatic rings. The Kier molecular flexibility index (Phi) is 4.98. The van der Waals surface area contributed by atoms with Gasteiger partial charge in [0.2, 0.25) is 0 Å². The number of alkyl halides is 3. The fourth-order valence-corrected chi connectivity index (χ4v) is 3.40. The molecule has 0 unspecified atom stereocenters. The summed E-state index contributed by atoms with van der Waals surface area (Å²) in [4.78, 5) is 7.67. The zero-order chi connectivity index (χ0) is 20.5. The fourth-order valence-electron chi connectivity index (χ4n) is 2.40. The predicted molar refractivity (Wildman–Crippen MR) is 92.6 cm³/mol. The minimum atomic E-state index is -4.86. The third-order valence-corrected chi connectivity index (χ3v) is 4.86. The lowest BCUT2D eigenvalue weighted by molar-refractivity contribution is -0.274. The summed E-state index contributed by atoms with van der Waals surface area (Å²) < 4.78 is 69.0. The summed E-state index contributed by atoms with van der Waals surface area (Å²) in [6.45, 7) is 3.62. The van der Waals surface area contributed by atoms with E-state index in [4.69, 9.17) is 0 Å². The number of benzene rings is 1. The lowest BCUT2D eigenvalue weighted by atomic mass is 10.3. The average molecular weight is 413 g/mol. The summed E-state index contributed by atoms with van der Waals surface area (Å²) in [6.07, 6.45) is -3.69. The molecule has 12 heteroatoms. The van der Waals surface area contributed by atoms with E-state index in [0.29, 0.717) is 5.82 Å². The number of hydrogen-bond acceptors (Lipinski definition) is 6. The molecule has 3 rings (SSSR count). The standard InChI is InChI=1S/C16H14F3N5O3S/c1-10-7-11(2)24(22-10)15-8-14(20-9-21-15)23-28(25,26)13-5-3-12(4-6-13)27-16(17,18)19/h3-9H,1-2H3,(H,20,21,23). The first-order valence-corrected chi connectivity index (χ1v) is 9.26. The number of hydrogen-bond donors (Lipinski definition) is 1. The maximum atomic E-state index is 12.5. The molecule has 3 aromatic rings. The molecule has 28 heavy (non-hydrogen) atoms. The van der Waals surface area contributed by atoms with Gasteiger partial charge in [0.05, 0.1) is 10.6 Å². The quantitative estimate of drug-likeness (QED) is 0.691. The largest absolute Gasteiger partial charge is 0.573 e. The third-order valence-electron chi connectivity index (χ3n) is 3.49. The van der Waals surface area contributed by atoms with E-state index in [0.717, 1.165) is 35.7 Å². The van der Waals surface area contributed by atoms with Crippen LogP contribution in [-0.2, 0) is 10.0 Å². The Labute approximate surface area is 158 Å². The molecule has 0 amide bonds. The zero-order valence-electron chi connectivity index (χ0n) is 14.6. The normalized spacial score (nSPS) is 12.0. The van der Waals surface area contributed by atoms with Gasteiger partial charge in [0.25, 0.3) is 10.0 Å². The van der Waals surface area contributed by atoms with Crippen molar-refractivity contribution >= 4 is 15.8 Å². The van der Waals surface area contributed by atoms with Crippen molar-refractivity contribution in [2.45, 2.75) is 25.1 Å². The minimum absolute atomic E-state index is 0.0202. The van der Waals surface area contributed by atoms with Crippen molar-refractivity contribution in [1.29, 1.82) is 0 Å². The van der Waals surface area contributed by atoms with Crippen molar-refractivity contribution in [2.24, 2.45) is 0 Å². The number of aromatic nitrogens is 4. The monoisotopic (exact) mass is 413 g/mol.